The third kappa shape index (κ3) is 4.25. The minimum Gasteiger partial charge on any atom is -0.338 e. The summed E-state index contributed by atoms with van der Waals surface area (Å²) in [7, 11) is -3.74. The van der Waals surface area contributed by atoms with Crippen LogP contribution in [0.25, 0.3) is 11.4 Å². The second-order valence-corrected chi connectivity index (χ2v) is 9.05. The van der Waals surface area contributed by atoms with Gasteiger partial charge in [-0.15, -0.1) is 0 Å². The quantitative estimate of drug-likeness (QED) is 0.615. The van der Waals surface area contributed by atoms with E-state index in [1.54, 1.807) is 19.1 Å². The summed E-state index contributed by atoms with van der Waals surface area (Å²) in [6, 6.07) is 9.74. The molecular formula is C20H20F2N4O3S. The number of benzene rings is 2. The average Bonchev–Trinajstić information content (AvgIpc) is 3.19. The zero-order valence-electron chi connectivity index (χ0n) is 16.3. The van der Waals surface area contributed by atoms with E-state index in [4.69, 9.17) is 4.52 Å². The molecule has 1 aliphatic rings. The fraction of sp³-hybridized carbons (Fsp3) is 0.300. The van der Waals surface area contributed by atoms with Gasteiger partial charge in [-0.05, 0) is 36.8 Å². The fourth-order valence-electron chi connectivity index (χ4n) is 3.26. The first-order chi connectivity index (χ1) is 14.3. The van der Waals surface area contributed by atoms with Crippen molar-refractivity contribution in [3.63, 3.8) is 0 Å². The van der Waals surface area contributed by atoms with Gasteiger partial charge in [0, 0.05) is 31.7 Å². The number of halogens is 2. The normalized spacial score (nSPS) is 16.1. The summed E-state index contributed by atoms with van der Waals surface area (Å²) in [6.45, 7) is 3.49. The molecular weight excluding hydrogens is 414 g/mol. The van der Waals surface area contributed by atoms with E-state index in [0.29, 0.717) is 42.5 Å². The van der Waals surface area contributed by atoms with Crippen LogP contribution < -0.4 is 0 Å². The van der Waals surface area contributed by atoms with Gasteiger partial charge in [-0.3, -0.25) is 4.90 Å². The molecule has 10 heteroatoms. The number of piperazine rings is 1. The Bertz CT molecular complexity index is 1160. The van der Waals surface area contributed by atoms with Crippen molar-refractivity contribution in [2.45, 2.75) is 18.4 Å². The summed E-state index contributed by atoms with van der Waals surface area (Å²) in [5, 5.41) is 3.90. The molecule has 2 heterocycles. The van der Waals surface area contributed by atoms with Crippen molar-refractivity contribution < 1.29 is 21.7 Å². The Kier molecular flexibility index (Phi) is 5.63. The van der Waals surface area contributed by atoms with Crippen molar-refractivity contribution in [3.8, 4) is 11.4 Å². The van der Waals surface area contributed by atoms with E-state index in [0.717, 1.165) is 6.07 Å². The van der Waals surface area contributed by atoms with Crippen LogP contribution in [0.3, 0.4) is 0 Å². The average molecular weight is 434 g/mol. The molecule has 0 spiro atoms. The van der Waals surface area contributed by atoms with Crippen LogP contribution in [0.2, 0.25) is 0 Å². The maximum atomic E-state index is 13.8. The lowest BCUT2D eigenvalue weighted by molar-refractivity contribution is 0.163. The molecule has 0 amide bonds. The smallest absolute Gasteiger partial charge is 0.243 e. The Morgan fingerprint density at radius 1 is 1.07 bits per heavy atom. The molecule has 2 aromatic carbocycles. The van der Waals surface area contributed by atoms with Crippen molar-refractivity contribution >= 4 is 10.0 Å². The molecule has 4 rings (SSSR count). The SMILES string of the molecule is Cc1ccc(-c2noc(CN3CCN(S(=O)(=O)c4cccc(F)c4)CC3)n2)cc1F. The monoisotopic (exact) mass is 434 g/mol. The van der Waals surface area contributed by atoms with Gasteiger partial charge in [0.2, 0.25) is 21.7 Å². The highest BCUT2D eigenvalue weighted by Gasteiger charge is 2.29. The largest absolute Gasteiger partial charge is 0.338 e. The molecule has 158 valence electrons. The van der Waals surface area contributed by atoms with Gasteiger partial charge in [0.05, 0.1) is 11.4 Å². The molecule has 1 fully saturated rings. The van der Waals surface area contributed by atoms with Crippen molar-refractivity contribution in [3.05, 3.63) is 65.6 Å². The first-order valence-electron chi connectivity index (χ1n) is 9.40. The number of aromatic nitrogens is 2. The first-order valence-corrected chi connectivity index (χ1v) is 10.8. The van der Waals surface area contributed by atoms with Gasteiger partial charge in [-0.25, -0.2) is 17.2 Å². The van der Waals surface area contributed by atoms with Crippen LogP contribution in [-0.4, -0.2) is 53.9 Å². The Labute approximate surface area is 173 Å². The molecule has 0 saturated carbocycles. The standard InChI is InChI=1S/C20H20F2N4O3S/c1-14-5-6-15(11-18(14)22)20-23-19(29-24-20)13-25-7-9-26(10-8-25)30(27,28)17-4-2-3-16(21)12-17/h2-6,11-12H,7-10,13H2,1H3. The third-order valence-corrected chi connectivity index (χ3v) is 6.92. The molecule has 3 aromatic rings. The van der Waals surface area contributed by atoms with Crippen LogP contribution >= 0.6 is 0 Å². The van der Waals surface area contributed by atoms with Crippen molar-refractivity contribution in [1.82, 2.24) is 19.3 Å². The zero-order chi connectivity index (χ0) is 21.3. The summed E-state index contributed by atoms with van der Waals surface area (Å²) >= 11 is 0. The van der Waals surface area contributed by atoms with E-state index in [1.165, 1.54) is 28.6 Å². The maximum absolute atomic E-state index is 13.8. The zero-order valence-corrected chi connectivity index (χ0v) is 17.1. The van der Waals surface area contributed by atoms with Crippen molar-refractivity contribution in [2.24, 2.45) is 0 Å². The molecule has 0 atom stereocenters. The number of hydrogen-bond donors (Lipinski definition) is 0. The Balaban J connectivity index is 1.38. The summed E-state index contributed by atoms with van der Waals surface area (Å²) < 4.78 is 59.1. The van der Waals surface area contributed by atoms with Crippen LogP contribution in [0.4, 0.5) is 8.78 Å². The van der Waals surface area contributed by atoms with E-state index < -0.39 is 15.8 Å². The third-order valence-electron chi connectivity index (χ3n) is 5.02. The Morgan fingerprint density at radius 2 is 1.83 bits per heavy atom. The number of rotatable bonds is 5. The molecule has 1 aliphatic heterocycles. The summed E-state index contributed by atoms with van der Waals surface area (Å²) in [6.07, 6.45) is 0. The number of aryl methyl sites for hydroxylation is 1. The minimum absolute atomic E-state index is 0.0529. The van der Waals surface area contributed by atoms with Crippen molar-refractivity contribution in [2.75, 3.05) is 26.2 Å². The first kappa shape index (κ1) is 20.6. The molecule has 30 heavy (non-hydrogen) atoms. The van der Waals surface area contributed by atoms with Crippen LogP contribution in [0.5, 0.6) is 0 Å². The number of nitrogens with zero attached hydrogens (tertiary/aromatic N) is 4. The molecule has 1 aromatic heterocycles. The molecule has 0 N–H and O–H groups in total. The molecule has 1 saturated heterocycles. The second kappa shape index (κ2) is 8.21. The highest BCUT2D eigenvalue weighted by atomic mass is 32.2. The van der Waals surface area contributed by atoms with Gasteiger partial charge in [-0.1, -0.05) is 23.4 Å². The summed E-state index contributed by atoms with van der Waals surface area (Å²) in [5.74, 6) is -0.256. The van der Waals surface area contributed by atoms with E-state index in [1.807, 2.05) is 4.90 Å². The lowest BCUT2D eigenvalue weighted by atomic mass is 10.1. The van der Waals surface area contributed by atoms with Crippen LogP contribution in [0.1, 0.15) is 11.5 Å². The van der Waals surface area contributed by atoms with Gasteiger partial charge in [0.15, 0.2) is 0 Å². The van der Waals surface area contributed by atoms with Crippen LogP contribution in [0.15, 0.2) is 51.9 Å². The number of sulfonamides is 1. The van der Waals surface area contributed by atoms with Gasteiger partial charge in [0.25, 0.3) is 0 Å². The molecule has 0 bridgehead atoms. The van der Waals surface area contributed by atoms with Crippen LogP contribution in [0, 0.1) is 18.6 Å². The van der Waals surface area contributed by atoms with Crippen molar-refractivity contribution in [1.29, 1.82) is 0 Å². The lowest BCUT2D eigenvalue weighted by Crippen LogP contribution is -2.48. The Hall–Kier alpha value is -2.69. The minimum atomic E-state index is -3.74. The lowest BCUT2D eigenvalue weighted by Gasteiger charge is -2.33. The maximum Gasteiger partial charge on any atom is 0.243 e. The predicted octanol–water partition coefficient (Wildman–Crippen LogP) is 2.83. The highest BCUT2D eigenvalue weighted by molar-refractivity contribution is 7.89. The summed E-state index contributed by atoms with van der Waals surface area (Å²) in [5.41, 5.74) is 1.06. The van der Waals surface area contributed by atoms with Gasteiger partial charge in [-0.2, -0.15) is 9.29 Å². The predicted molar refractivity (Wildman–Crippen MR) is 105 cm³/mol. The van der Waals surface area contributed by atoms with Gasteiger partial charge >= 0.3 is 0 Å². The molecule has 0 aliphatic carbocycles. The molecule has 0 unspecified atom stereocenters. The number of hydrogen-bond acceptors (Lipinski definition) is 6. The van der Waals surface area contributed by atoms with Gasteiger partial charge in [0.1, 0.15) is 11.6 Å². The van der Waals surface area contributed by atoms with E-state index in [-0.39, 0.29) is 23.8 Å². The topological polar surface area (TPSA) is 79.5 Å². The Morgan fingerprint density at radius 3 is 2.53 bits per heavy atom. The molecule has 7 nitrogen and oxygen atoms in total. The van der Waals surface area contributed by atoms with E-state index >= 15 is 0 Å². The van der Waals surface area contributed by atoms with E-state index in [9.17, 15) is 17.2 Å². The highest BCUT2D eigenvalue weighted by Crippen LogP contribution is 2.21. The summed E-state index contributed by atoms with van der Waals surface area (Å²) in [4.78, 5) is 6.25. The second-order valence-electron chi connectivity index (χ2n) is 7.11. The molecule has 0 radical (unpaired) electrons. The van der Waals surface area contributed by atoms with E-state index in [2.05, 4.69) is 10.1 Å². The van der Waals surface area contributed by atoms with Gasteiger partial charge < -0.3 is 4.52 Å². The fourth-order valence-corrected chi connectivity index (χ4v) is 4.72. The van der Waals surface area contributed by atoms with Crippen LogP contribution in [-0.2, 0) is 16.6 Å².